The molecule has 15 heavy (non-hydrogen) atoms. The molecule has 0 atom stereocenters. The standard InChI is InChI=1S/C10H13BrN2O2/c11-9-8(2-7-15-9)10(14)13-5-1-3-12-4-6-13/h2,7,12H,1,3-6H2. The molecule has 0 aromatic carbocycles. The smallest absolute Gasteiger partial charge is 0.258 e. The fraction of sp³-hybridized carbons (Fsp3) is 0.500. The molecule has 4 nitrogen and oxygen atoms in total. The number of hydrogen-bond acceptors (Lipinski definition) is 3. The van der Waals surface area contributed by atoms with Crippen LogP contribution < -0.4 is 5.32 Å². The minimum absolute atomic E-state index is 0.0410. The lowest BCUT2D eigenvalue weighted by molar-refractivity contribution is 0.0764. The fourth-order valence-corrected chi connectivity index (χ4v) is 2.08. The molecule has 1 aromatic heterocycles. The number of halogens is 1. The molecule has 0 radical (unpaired) electrons. The molecule has 0 unspecified atom stereocenters. The molecule has 0 aliphatic carbocycles. The van der Waals surface area contributed by atoms with Gasteiger partial charge >= 0.3 is 0 Å². The summed E-state index contributed by atoms with van der Waals surface area (Å²) >= 11 is 3.22. The van der Waals surface area contributed by atoms with Gasteiger partial charge in [0.2, 0.25) is 0 Å². The van der Waals surface area contributed by atoms with Crippen molar-refractivity contribution in [2.75, 3.05) is 26.2 Å². The first kappa shape index (κ1) is 10.7. The first-order valence-corrected chi connectivity index (χ1v) is 5.81. The molecule has 0 saturated carbocycles. The zero-order valence-electron chi connectivity index (χ0n) is 8.33. The lowest BCUT2D eigenvalue weighted by Crippen LogP contribution is -2.34. The Bertz CT molecular complexity index is 343. The largest absolute Gasteiger partial charge is 0.457 e. The molecular weight excluding hydrogens is 260 g/mol. The SMILES string of the molecule is O=C(c1ccoc1Br)N1CCCNCC1. The van der Waals surface area contributed by atoms with Crippen LogP contribution in [0.15, 0.2) is 21.4 Å². The number of carbonyl (C=O) groups excluding carboxylic acids is 1. The predicted molar refractivity (Wildman–Crippen MR) is 59.8 cm³/mol. The van der Waals surface area contributed by atoms with Gasteiger partial charge in [-0.15, -0.1) is 0 Å². The van der Waals surface area contributed by atoms with Crippen molar-refractivity contribution < 1.29 is 9.21 Å². The Morgan fingerprint density at radius 3 is 3.07 bits per heavy atom. The van der Waals surface area contributed by atoms with Crippen LogP contribution in [0.1, 0.15) is 16.8 Å². The Labute approximate surface area is 96.7 Å². The van der Waals surface area contributed by atoms with Crippen molar-refractivity contribution in [3.63, 3.8) is 0 Å². The van der Waals surface area contributed by atoms with Crippen molar-refractivity contribution in [1.82, 2.24) is 10.2 Å². The minimum Gasteiger partial charge on any atom is -0.457 e. The molecule has 2 heterocycles. The number of amides is 1. The molecule has 1 aliphatic rings. The number of rotatable bonds is 1. The van der Waals surface area contributed by atoms with Crippen molar-refractivity contribution in [2.45, 2.75) is 6.42 Å². The van der Waals surface area contributed by atoms with E-state index in [4.69, 9.17) is 4.42 Å². The van der Waals surface area contributed by atoms with Crippen LogP contribution in [0.4, 0.5) is 0 Å². The van der Waals surface area contributed by atoms with Gasteiger partial charge in [0.25, 0.3) is 5.91 Å². The molecule has 82 valence electrons. The van der Waals surface area contributed by atoms with Crippen LogP contribution in [0.2, 0.25) is 0 Å². The van der Waals surface area contributed by atoms with Crippen molar-refractivity contribution in [1.29, 1.82) is 0 Å². The topological polar surface area (TPSA) is 45.5 Å². The van der Waals surface area contributed by atoms with E-state index in [0.29, 0.717) is 10.2 Å². The highest BCUT2D eigenvalue weighted by Crippen LogP contribution is 2.19. The van der Waals surface area contributed by atoms with E-state index in [1.54, 1.807) is 6.07 Å². The van der Waals surface area contributed by atoms with Gasteiger partial charge in [-0.1, -0.05) is 0 Å². The monoisotopic (exact) mass is 272 g/mol. The molecule has 1 aromatic rings. The minimum atomic E-state index is 0.0410. The maximum Gasteiger partial charge on any atom is 0.258 e. The highest BCUT2D eigenvalue weighted by atomic mass is 79.9. The third kappa shape index (κ3) is 2.41. The predicted octanol–water partition coefficient (Wildman–Crippen LogP) is 1.48. The van der Waals surface area contributed by atoms with Crippen LogP contribution in [0.3, 0.4) is 0 Å². The lowest BCUT2D eigenvalue weighted by atomic mass is 10.3. The molecule has 1 N–H and O–H groups in total. The van der Waals surface area contributed by atoms with E-state index in [1.807, 2.05) is 4.90 Å². The van der Waals surface area contributed by atoms with E-state index >= 15 is 0 Å². The zero-order chi connectivity index (χ0) is 10.7. The molecule has 0 bridgehead atoms. The van der Waals surface area contributed by atoms with E-state index in [9.17, 15) is 4.79 Å². The highest BCUT2D eigenvalue weighted by Gasteiger charge is 2.20. The normalized spacial score (nSPS) is 17.5. The average Bonchev–Trinajstić information content (AvgIpc) is 2.53. The van der Waals surface area contributed by atoms with E-state index in [0.717, 1.165) is 32.6 Å². The van der Waals surface area contributed by atoms with Gasteiger partial charge in [-0.25, -0.2) is 0 Å². The zero-order valence-corrected chi connectivity index (χ0v) is 9.92. The van der Waals surface area contributed by atoms with Crippen molar-refractivity contribution in [3.05, 3.63) is 22.6 Å². The van der Waals surface area contributed by atoms with Gasteiger partial charge in [0.05, 0.1) is 11.8 Å². The Morgan fingerprint density at radius 1 is 1.47 bits per heavy atom. The third-order valence-electron chi connectivity index (χ3n) is 2.48. The van der Waals surface area contributed by atoms with Gasteiger partial charge in [-0.3, -0.25) is 4.79 Å². The number of carbonyl (C=O) groups is 1. The van der Waals surface area contributed by atoms with Gasteiger partial charge in [0, 0.05) is 19.6 Å². The van der Waals surface area contributed by atoms with E-state index in [-0.39, 0.29) is 5.91 Å². The summed E-state index contributed by atoms with van der Waals surface area (Å²) in [4.78, 5) is 13.9. The first-order valence-electron chi connectivity index (χ1n) is 5.02. The summed E-state index contributed by atoms with van der Waals surface area (Å²) in [7, 11) is 0. The summed E-state index contributed by atoms with van der Waals surface area (Å²) in [5, 5.41) is 3.26. The summed E-state index contributed by atoms with van der Waals surface area (Å²) in [5.41, 5.74) is 0.608. The second kappa shape index (κ2) is 4.81. The Morgan fingerprint density at radius 2 is 2.33 bits per heavy atom. The molecule has 1 amide bonds. The van der Waals surface area contributed by atoms with Crippen LogP contribution in [-0.4, -0.2) is 37.0 Å². The summed E-state index contributed by atoms with van der Waals surface area (Å²) in [5.74, 6) is 0.0410. The van der Waals surface area contributed by atoms with Gasteiger partial charge in [0.1, 0.15) is 0 Å². The molecule has 1 aliphatic heterocycles. The fourth-order valence-electron chi connectivity index (χ4n) is 1.67. The first-order chi connectivity index (χ1) is 7.29. The van der Waals surface area contributed by atoms with Crippen molar-refractivity contribution >= 4 is 21.8 Å². The van der Waals surface area contributed by atoms with Crippen molar-refractivity contribution in [3.8, 4) is 0 Å². The van der Waals surface area contributed by atoms with Gasteiger partial charge in [-0.05, 0) is 35.0 Å². The summed E-state index contributed by atoms with van der Waals surface area (Å²) in [6.07, 6.45) is 2.52. The van der Waals surface area contributed by atoms with Gasteiger partial charge in [0.15, 0.2) is 4.67 Å². The maximum absolute atomic E-state index is 12.0. The molecule has 1 saturated heterocycles. The van der Waals surface area contributed by atoms with Crippen LogP contribution in [0, 0.1) is 0 Å². The Hall–Kier alpha value is -0.810. The summed E-state index contributed by atoms with van der Waals surface area (Å²) in [6, 6.07) is 1.70. The van der Waals surface area contributed by atoms with E-state index in [2.05, 4.69) is 21.2 Å². The molecular formula is C10H13BrN2O2. The van der Waals surface area contributed by atoms with E-state index in [1.165, 1.54) is 6.26 Å². The van der Waals surface area contributed by atoms with Crippen LogP contribution in [-0.2, 0) is 0 Å². The third-order valence-corrected chi connectivity index (χ3v) is 3.09. The second-order valence-corrected chi connectivity index (χ2v) is 4.22. The quantitative estimate of drug-likeness (QED) is 0.843. The molecule has 5 heteroatoms. The Balaban J connectivity index is 2.09. The molecule has 1 fully saturated rings. The summed E-state index contributed by atoms with van der Waals surface area (Å²) in [6.45, 7) is 3.41. The number of furan rings is 1. The van der Waals surface area contributed by atoms with Gasteiger partial charge < -0.3 is 14.6 Å². The molecule has 2 rings (SSSR count). The van der Waals surface area contributed by atoms with Gasteiger partial charge in [-0.2, -0.15) is 0 Å². The van der Waals surface area contributed by atoms with Crippen LogP contribution in [0.5, 0.6) is 0 Å². The summed E-state index contributed by atoms with van der Waals surface area (Å²) < 4.78 is 5.58. The number of nitrogens with one attached hydrogen (secondary N) is 1. The number of nitrogens with zero attached hydrogens (tertiary/aromatic N) is 1. The van der Waals surface area contributed by atoms with E-state index < -0.39 is 0 Å². The lowest BCUT2D eigenvalue weighted by Gasteiger charge is -2.19. The average molecular weight is 273 g/mol. The molecule has 0 spiro atoms. The van der Waals surface area contributed by atoms with Crippen molar-refractivity contribution in [2.24, 2.45) is 0 Å². The Kier molecular flexibility index (Phi) is 3.43. The second-order valence-electron chi connectivity index (χ2n) is 3.50. The maximum atomic E-state index is 12.0. The van der Waals surface area contributed by atoms with Crippen LogP contribution in [0.25, 0.3) is 0 Å². The highest BCUT2D eigenvalue weighted by molar-refractivity contribution is 9.10. The van der Waals surface area contributed by atoms with Crippen LogP contribution >= 0.6 is 15.9 Å². The number of hydrogen-bond donors (Lipinski definition) is 1.